The van der Waals surface area contributed by atoms with Crippen LogP contribution in [0.2, 0.25) is 0 Å². The van der Waals surface area contributed by atoms with Crippen molar-refractivity contribution in [3.63, 3.8) is 0 Å². The van der Waals surface area contributed by atoms with Crippen LogP contribution < -0.4 is 5.84 Å². The van der Waals surface area contributed by atoms with Crippen molar-refractivity contribution in [2.45, 2.75) is 26.2 Å². The third-order valence-electron chi connectivity index (χ3n) is 2.00. The van der Waals surface area contributed by atoms with E-state index in [-0.39, 0.29) is 5.41 Å². The van der Waals surface area contributed by atoms with Gasteiger partial charge in [-0.3, -0.25) is 0 Å². The molecule has 0 aliphatic carbocycles. The molecule has 2 N–H and O–H groups in total. The largest absolute Gasteiger partial charge is 0.323 e. The molecule has 0 amide bonds. The molecule has 0 fully saturated rings. The van der Waals surface area contributed by atoms with Crippen LogP contribution in [0.5, 0.6) is 0 Å². The van der Waals surface area contributed by atoms with Gasteiger partial charge < -0.3 is 5.84 Å². The first-order valence-electron chi connectivity index (χ1n) is 4.38. The van der Waals surface area contributed by atoms with E-state index < -0.39 is 0 Å². The lowest BCUT2D eigenvalue weighted by molar-refractivity contribution is 0.590. The molecule has 1 aromatic carbocycles. The molecule has 1 aromatic rings. The highest BCUT2D eigenvalue weighted by atomic mass is 15.1. The maximum atomic E-state index is 5.05. The lowest BCUT2D eigenvalue weighted by Gasteiger charge is -2.18. The van der Waals surface area contributed by atoms with Crippen LogP contribution in [-0.2, 0) is 5.41 Å². The van der Waals surface area contributed by atoms with E-state index in [4.69, 9.17) is 5.84 Å². The fourth-order valence-electron chi connectivity index (χ4n) is 1.16. The molecule has 0 bridgehead atoms. The van der Waals surface area contributed by atoms with Gasteiger partial charge in [0.15, 0.2) is 0 Å². The van der Waals surface area contributed by atoms with E-state index in [0.717, 1.165) is 5.56 Å². The first kappa shape index (κ1) is 9.78. The number of hydrazone groups is 1. The maximum absolute atomic E-state index is 5.05. The average molecular weight is 176 g/mol. The SMILES string of the molecule is CC(C)(C)c1ccc(C=NN)cc1. The molecular weight excluding hydrogens is 160 g/mol. The van der Waals surface area contributed by atoms with Gasteiger partial charge in [0.1, 0.15) is 0 Å². The minimum atomic E-state index is 0.207. The Labute approximate surface area is 79.5 Å². The van der Waals surface area contributed by atoms with Crippen molar-refractivity contribution in [2.24, 2.45) is 10.9 Å². The number of nitrogens with zero attached hydrogens (tertiary/aromatic N) is 1. The van der Waals surface area contributed by atoms with Gasteiger partial charge in [-0.15, -0.1) is 0 Å². The third-order valence-corrected chi connectivity index (χ3v) is 2.00. The van der Waals surface area contributed by atoms with Crippen molar-refractivity contribution in [2.75, 3.05) is 0 Å². The Bertz CT molecular complexity index is 291. The van der Waals surface area contributed by atoms with E-state index in [1.165, 1.54) is 5.56 Å². The molecule has 0 aromatic heterocycles. The van der Waals surface area contributed by atoms with E-state index in [1.807, 2.05) is 12.1 Å². The van der Waals surface area contributed by atoms with Crippen molar-refractivity contribution in [3.8, 4) is 0 Å². The third kappa shape index (κ3) is 2.58. The topological polar surface area (TPSA) is 38.4 Å². The summed E-state index contributed by atoms with van der Waals surface area (Å²) in [4.78, 5) is 0. The molecular formula is C11H16N2. The quantitative estimate of drug-likeness (QED) is 0.398. The summed E-state index contributed by atoms with van der Waals surface area (Å²) in [5, 5.41) is 3.47. The molecule has 0 radical (unpaired) electrons. The standard InChI is InChI=1S/C11H16N2/c1-11(2,3)10-6-4-9(5-7-10)8-13-12/h4-8H,12H2,1-3H3. The molecule has 0 aliphatic heterocycles. The van der Waals surface area contributed by atoms with Gasteiger partial charge in [0, 0.05) is 0 Å². The van der Waals surface area contributed by atoms with Gasteiger partial charge >= 0.3 is 0 Å². The van der Waals surface area contributed by atoms with Gasteiger partial charge in [0.25, 0.3) is 0 Å². The number of nitrogens with two attached hydrogens (primary N) is 1. The lowest BCUT2D eigenvalue weighted by Crippen LogP contribution is -2.10. The van der Waals surface area contributed by atoms with Crippen LogP contribution in [0.3, 0.4) is 0 Å². The number of hydrogen-bond acceptors (Lipinski definition) is 2. The normalized spacial score (nSPS) is 12.2. The molecule has 0 spiro atoms. The van der Waals surface area contributed by atoms with E-state index in [2.05, 4.69) is 38.0 Å². The van der Waals surface area contributed by atoms with Gasteiger partial charge in [0.2, 0.25) is 0 Å². The predicted molar refractivity (Wildman–Crippen MR) is 56.9 cm³/mol. The van der Waals surface area contributed by atoms with Crippen LogP contribution in [-0.4, -0.2) is 6.21 Å². The van der Waals surface area contributed by atoms with Crippen molar-refractivity contribution >= 4 is 6.21 Å². The number of hydrogen-bond donors (Lipinski definition) is 1. The second-order valence-corrected chi connectivity index (χ2v) is 4.15. The average Bonchev–Trinajstić information content (AvgIpc) is 2.04. The highest BCUT2D eigenvalue weighted by molar-refractivity contribution is 5.79. The molecule has 2 nitrogen and oxygen atoms in total. The van der Waals surface area contributed by atoms with Gasteiger partial charge in [-0.2, -0.15) is 5.10 Å². The van der Waals surface area contributed by atoms with Crippen molar-refractivity contribution in [3.05, 3.63) is 35.4 Å². The summed E-state index contributed by atoms with van der Waals surface area (Å²) >= 11 is 0. The zero-order chi connectivity index (χ0) is 9.90. The van der Waals surface area contributed by atoms with E-state index in [0.29, 0.717) is 0 Å². The Kier molecular flexibility index (Phi) is 2.71. The Morgan fingerprint density at radius 1 is 1.15 bits per heavy atom. The predicted octanol–water partition coefficient (Wildman–Crippen LogP) is 2.28. The zero-order valence-electron chi connectivity index (χ0n) is 8.41. The number of rotatable bonds is 1. The summed E-state index contributed by atoms with van der Waals surface area (Å²) in [6, 6.07) is 8.27. The fourth-order valence-corrected chi connectivity index (χ4v) is 1.16. The second-order valence-electron chi connectivity index (χ2n) is 4.15. The molecule has 1 rings (SSSR count). The summed E-state index contributed by atoms with van der Waals surface area (Å²) in [5.74, 6) is 5.05. The summed E-state index contributed by atoms with van der Waals surface area (Å²) in [6.07, 6.45) is 1.65. The van der Waals surface area contributed by atoms with Crippen LogP contribution in [0, 0.1) is 0 Å². The van der Waals surface area contributed by atoms with Crippen LogP contribution in [0.4, 0.5) is 0 Å². The van der Waals surface area contributed by atoms with Gasteiger partial charge in [-0.05, 0) is 16.5 Å². The highest BCUT2D eigenvalue weighted by Gasteiger charge is 2.12. The van der Waals surface area contributed by atoms with Crippen molar-refractivity contribution in [1.29, 1.82) is 0 Å². The first-order valence-corrected chi connectivity index (χ1v) is 4.38. The van der Waals surface area contributed by atoms with E-state index >= 15 is 0 Å². The molecule has 2 heteroatoms. The highest BCUT2D eigenvalue weighted by Crippen LogP contribution is 2.21. The number of benzene rings is 1. The van der Waals surface area contributed by atoms with Crippen molar-refractivity contribution < 1.29 is 0 Å². The Morgan fingerprint density at radius 2 is 1.69 bits per heavy atom. The molecule has 70 valence electrons. The summed E-state index contributed by atoms with van der Waals surface area (Å²) < 4.78 is 0. The van der Waals surface area contributed by atoms with E-state index in [9.17, 15) is 0 Å². The Balaban J connectivity index is 2.94. The monoisotopic (exact) mass is 176 g/mol. The maximum Gasteiger partial charge on any atom is 0.0538 e. The van der Waals surface area contributed by atoms with Crippen LogP contribution >= 0.6 is 0 Å². The van der Waals surface area contributed by atoms with Gasteiger partial charge in [0.05, 0.1) is 6.21 Å². The molecule has 13 heavy (non-hydrogen) atoms. The summed E-state index contributed by atoms with van der Waals surface area (Å²) in [6.45, 7) is 6.58. The summed E-state index contributed by atoms with van der Waals surface area (Å²) in [5.41, 5.74) is 2.57. The molecule has 0 saturated carbocycles. The zero-order valence-corrected chi connectivity index (χ0v) is 8.41. The minimum Gasteiger partial charge on any atom is -0.323 e. The molecule has 0 unspecified atom stereocenters. The second kappa shape index (κ2) is 3.60. The van der Waals surface area contributed by atoms with Gasteiger partial charge in [-0.1, -0.05) is 45.0 Å². The van der Waals surface area contributed by atoms with Crippen molar-refractivity contribution in [1.82, 2.24) is 0 Å². The smallest absolute Gasteiger partial charge is 0.0538 e. The van der Waals surface area contributed by atoms with Gasteiger partial charge in [-0.25, -0.2) is 0 Å². The molecule has 0 atom stereocenters. The van der Waals surface area contributed by atoms with Crippen LogP contribution in [0.25, 0.3) is 0 Å². The molecule has 0 heterocycles. The van der Waals surface area contributed by atoms with Crippen LogP contribution in [0.15, 0.2) is 29.4 Å². The Morgan fingerprint density at radius 3 is 2.08 bits per heavy atom. The summed E-state index contributed by atoms with van der Waals surface area (Å²) in [7, 11) is 0. The van der Waals surface area contributed by atoms with E-state index in [1.54, 1.807) is 6.21 Å². The fraction of sp³-hybridized carbons (Fsp3) is 0.364. The molecule has 0 saturated heterocycles. The molecule has 0 aliphatic rings. The Hall–Kier alpha value is -1.31. The first-order chi connectivity index (χ1) is 6.04. The lowest BCUT2D eigenvalue weighted by atomic mass is 9.87. The minimum absolute atomic E-state index is 0.207. The van der Waals surface area contributed by atoms with Crippen LogP contribution in [0.1, 0.15) is 31.9 Å².